The van der Waals surface area contributed by atoms with Gasteiger partial charge in [-0.3, -0.25) is 4.79 Å². The predicted molar refractivity (Wildman–Crippen MR) is 84.5 cm³/mol. The monoisotopic (exact) mass is 315 g/mol. The van der Waals surface area contributed by atoms with Crippen LogP contribution >= 0.6 is 11.5 Å². The van der Waals surface area contributed by atoms with Gasteiger partial charge in [0.05, 0.1) is 12.5 Å². The molecule has 3 aromatic rings. The van der Waals surface area contributed by atoms with Crippen LogP contribution in [0, 0.1) is 0 Å². The topological polar surface area (TPSA) is 73.2 Å². The van der Waals surface area contributed by atoms with Crippen molar-refractivity contribution in [1.82, 2.24) is 14.3 Å². The number of rotatable bonds is 3. The number of carbonyl (C=O) groups is 1. The molecule has 1 N–H and O–H groups in total. The number of hydrogen-bond donors (Lipinski definition) is 1. The lowest BCUT2D eigenvalue weighted by molar-refractivity contribution is 0.243. The third kappa shape index (κ3) is 2.71. The smallest absolute Gasteiger partial charge is 0.338 e. The van der Waals surface area contributed by atoms with Crippen LogP contribution in [0.2, 0.25) is 0 Å². The molecule has 1 aromatic carbocycles. The summed E-state index contributed by atoms with van der Waals surface area (Å²) in [7, 11) is 1.58. The molecule has 0 saturated carbocycles. The molecule has 6 nitrogen and oxygen atoms in total. The quantitative estimate of drug-likeness (QED) is 0.804. The summed E-state index contributed by atoms with van der Waals surface area (Å²) in [6.45, 7) is 0.310. The molecule has 22 heavy (non-hydrogen) atoms. The van der Waals surface area contributed by atoms with Crippen LogP contribution in [0.5, 0.6) is 5.75 Å². The van der Waals surface area contributed by atoms with Crippen molar-refractivity contribution in [2.24, 2.45) is 0 Å². The van der Waals surface area contributed by atoms with Crippen LogP contribution in [-0.4, -0.2) is 22.1 Å². The highest BCUT2D eigenvalue weighted by Gasteiger charge is 2.13. The van der Waals surface area contributed by atoms with Gasteiger partial charge >= 0.3 is 6.03 Å². The standard InChI is InChI=1S/C15H13N3O3S/c1-21-11-5-2-4-10(8-11)9-17-15(20)18-14(19)12-6-3-7-16-13(12)22-18/h2-8H,9H2,1H3,(H,17,20). The number of ether oxygens (including phenoxy) is 1. The van der Waals surface area contributed by atoms with Gasteiger partial charge in [0, 0.05) is 12.7 Å². The van der Waals surface area contributed by atoms with Crippen molar-refractivity contribution in [2.75, 3.05) is 7.11 Å². The zero-order valence-corrected chi connectivity index (χ0v) is 12.6. The normalized spacial score (nSPS) is 10.6. The molecule has 0 aliphatic carbocycles. The zero-order chi connectivity index (χ0) is 15.5. The third-order valence-electron chi connectivity index (χ3n) is 3.13. The highest BCUT2D eigenvalue weighted by atomic mass is 32.1. The van der Waals surface area contributed by atoms with E-state index in [4.69, 9.17) is 4.74 Å². The van der Waals surface area contributed by atoms with E-state index in [0.717, 1.165) is 26.8 Å². The number of aromatic nitrogens is 2. The molecule has 0 fully saturated rings. The maximum Gasteiger partial charge on any atom is 0.338 e. The van der Waals surface area contributed by atoms with Crippen molar-refractivity contribution >= 4 is 27.8 Å². The Hall–Kier alpha value is -2.67. The number of carbonyl (C=O) groups excluding carboxylic acids is 1. The fourth-order valence-corrected chi connectivity index (χ4v) is 2.89. The van der Waals surface area contributed by atoms with Gasteiger partial charge in [-0.2, -0.15) is 3.96 Å². The lowest BCUT2D eigenvalue weighted by atomic mass is 10.2. The van der Waals surface area contributed by atoms with Gasteiger partial charge < -0.3 is 10.1 Å². The van der Waals surface area contributed by atoms with E-state index in [1.807, 2.05) is 24.3 Å². The summed E-state index contributed by atoms with van der Waals surface area (Å²) in [5.41, 5.74) is 0.538. The number of methoxy groups -OCH3 is 1. The Kier molecular flexibility index (Phi) is 3.88. The van der Waals surface area contributed by atoms with Crippen molar-refractivity contribution < 1.29 is 9.53 Å². The van der Waals surface area contributed by atoms with Gasteiger partial charge in [-0.15, -0.1) is 0 Å². The van der Waals surface area contributed by atoms with Gasteiger partial charge in [0.25, 0.3) is 5.56 Å². The Balaban J connectivity index is 1.78. The van der Waals surface area contributed by atoms with Crippen LogP contribution < -0.4 is 15.6 Å². The van der Waals surface area contributed by atoms with Gasteiger partial charge in [0.15, 0.2) is 0 Å². The second kappa shape index (κ2) is 5.98. The first-order valence-electron chi connectivity index (χ1n) is 6.57. The largest absolute Gasteiger partial charge is 0.497 e. The van der Waals surface area contributed by atoms with E-state index in [1.54, 1.807) is 25.4 Å². The maximum atomic E-state index is 12.2. The second-order valence-corrected chi connectivity index (χ2v) is 5.49. The minimum Gasteiger partial charge on any atom is -0.497 e. The van der Waals surface area contributed by atoms with E-state index in [-0.39, 0.29) is 5.56 Å². The Labute approximate surface area is 130 Å². The maximum absolute atomic E-state index is 12.2. The summed E-state index contributed by atoms with van der Waals surface area (Å²) in [6.07, 6.45) is 1.59. The van der Waals surface area contributed by atoms with Crippen LogP contribution in [0.15, 0.2) is 47.4 Å². The highest BCUT2D eigenvalue weighted by molar-refractivity contribution is 7.14. The van der Waals surface area contributed by atoms with Crippen LogP contribution in [-0.2, 0) is 6.54 Å². The Morgan fingerprint density at radius 1 is 1.36 bits per heavy atom. The number of pyridine rings is 1. The predicted octanol–water partition coefficient (Wildman–Crippen LogP) is 2.22. The molecule has 7 heteroatoms. The first-order chi connectivity index (χ1) is 10.7. The molecular weight excluding hydrogens is 302 g/mol. The van der Waals surface area contributed by atoms with E-state index in [2.05, 4.69) is 10.3 Å². The average Bonchev–Trinajstić information content (AvgIpc) is 2.90. The number of amides is 1. The van der Waals surface area contributed by atoms with Crippen LogP contribution in [0.3, 0.4) is 0 Å². The molecule has 0 aliphatic rings. The molecule has 2 heterocycles. The highest BCUT2D eigenvalue weighted by Crippen LogP contribution is 2.14. The second-order valence-electron chi connectivity index (χ2n) is 4.56. The molecule has 0 bridgehead atoms. The summed E-state index contributed by atoms with van der Waals surface area (Å²) >= 11 is 1.03. The van der Waals surface area contributed by atoms with Gasteiger partial charge in [0.1, 0.15) is 10.6 Å². The van der Waals surface area contributed by atoms with Crippen LogP contribution in [0.25, 0.3) is 10.2 Å². The van der Waals surface area contributed by atoms with Crippen molar-refractivity contribution in [3.63, 3.8) is 0 Å². The molecule has 1 amide bonds. The molecule has 0 saturated heterocycles. The summed E-state index contributed by atoms with van der Waals surface area (Å²) in [4.78, 5) is 28.9. The summed E-state index contributed by atoms with van der Waals surface area (Å²) in [5.74, 6) is 0.718. The lowest BCUT2D eigenvalue weighted by Gasteiger charge is -2.06. The Morgan fingerprint density at radius 2 is 2.23 bits per heavy atom. The first-order valence-corrected chi connectivity index (χ1v) is 7.34. The molecule has 0 radical (unpaired) electrons. The van der Waals surface area contributed by atoms with Crippen molar-refractivity contribution in [3.8, 4) is 5.75 Å². The summed E-state index contributed by atoms with van der Waals surface area (Å²) < 4.78 is 6.21. The van der Waals surface area contributed by atoms with E-state index < -0.39 is 6.03 Å². The SMILES string of the molecule is COc1cccc(CNC(=O)n2sc3ncccc3c2=O)c1. The number of fused-ring (bicyclic) bond motifs is 1. The number of benzene rings is 1. The van der Waals surface area contributed by atoms with Gasteiger partial charge in [-0.05, 0) is 41.4 Å². The van der Waals surface area contributed by atoms with E-state index in [9.17, 15) is 9.59 Å². The third-order valence-corrected chi connectivity index (χ3v) is 4.14. The molecule has 0 spiro atoms. The van der Waals surface area contributed by atoms with Gasteiger partial charge in [-0.25, -0.2) is 9.78 Å². The molecule has 0 aliphatic heterocycles. The summed E-state index contributed by atoms with van der Waals surface area (Å²) in [6, 6.07) is 10.2. The minimum absolute atomic E-state index is 0.310. The Bertz CT molecular complexity index is 885. The molecule has 2 aromatic heterocycles. The van der Waals surface area contributed by atoms with E-state index in [1.165, 1.54) is 0 Å². The fourth-order valence-electron chi connectivity index (χ4n) is 2.03. The van der Waals surface area contributed by atoms with Crippen molar-refractivity contribution in [3.05, 3.63) is 58.5 Å². The van der Waals surface area contributed by atoms with Crippen molar-refractivity contribution in [2.45, 2.75) is 6.54 Å². The number of hydrogen-bond acceptors (Lipinski definition) is 5. The Morgan fingerprint density at radius 3 is 3.00 bits per heavy atom. The minimum atomic E-state index is -0.462. The van der Waals surface area contributed by atoms with Crippen molar-refractivity contribution in [1.29, 1.82) is 0 Å². The lowest BCUT2D eigenvalue weighted by Crippen LogP contribution is -2.32. The molecule has 3 rings (SSSR count). The molecule has 0 unspecified atom stereocenters. The van der Waals surface area contributed by atoms with Gasteiger partial charge in [-0.1, -0.05) is 12.1 Å². The molecule has 0 atom stereocenters. The fraction of sp³-hybridized carbons (Fsp3) is 0.133. The van der Waals surface area contributed by atoms with Crippen LogP contribution in [0.4, 0.5) is 4.79 Å². The first kappa shape index (κ1) is 14.3. The molecular formula is C15H13N3O3S. The average molecular weight is 315 g/mol. The number of nitrogens with zero attached hydrogens (tertiary/aromatic N) is 2. The summed E-state index contributed by atoms with van der Waals surface area (Å²) in [5, 5.41) is 3.17. The number of nitrogens with one attached hydrogen (secondary N) is 1. The molecule has 112 valence electrons. The zero-order valence-electron chi connectivity index (χ0n) is 11.8. The van der Waals surface area contributed by atoms with Gasteiger partial charge in [0.2, 0.25) is 0 Å². The van der Waals surface area contributed by atoms with Crippen LogP contribution in [0.1, 0.15) is 5.56 Å². The van der Waals surface area contributed by atoms with E-state index >= 15 is 0 Å². The van der Waals surface area contributed by atoms with E-state index in [0.29, 0.717) is 16.8 Å².